The van der Waals surface area contributed by atoms with Gasteiger partial charge in [0.1, 0.15) is 0 Å². The van der Waals surface area contributed by atoms with Gasteiger partial charge in [-0.15, -0.1) is 0 Å². The van der Waals surface area contributed by atoms with Gasteiger partial charge in [-0.2, -0.15) is 0 Å². The van der Waals surface area contributed by atoms with Crippen LogP contribution < -0.4 is 11.5 Å². The van der Waals surface area contributed by atoms with Crippen LogP contribution in [0.25, 0.3) is 0 Å². The normalized spacial score (nSPS) is 11.9. The average Bonchev–Trinajstić information content (AvgIpc) is 2.43. The Morgan fingerprint density at radius 2 is 1.57 bits per heavy atom. The number of nitrogens with two attached hydrogens (primary N) is 2. The Labute approximate surface area is 131 Å². The third kappa shape index (κ3) is 5.73. The quantitative estimate of drug-likeness (QED) is 0.433. The van der Waals surface area contributed by atoms with E-state index in [9.17, 15) is 29.6 Å². The molecular weight excluding hydrogens is 306 g/mol. The van der Waals surface area contributed by atoms with Crippen molar-refractivity contribution in [1.29, 1.82) is 0 Å². The van der Waals surface area contributed by atoms with Crippen molar-refractivity contribution in [3.05, 3.63) is 39.9 Å². The Kier molecular flexibility index (Phi) is 6.19. The molecule has 1 aromatic carbocycles. The SMILES string of the molecule is NC(=O)CC(CC(N)=O)[C@@H](Cc1ccc([N+](=O)[O-])cc1)C(=O)O. The summed E-state index contributed by atoms with van der Waals surface area (Å²) in [6.07, 6.45) is -0.571. The summed E-state index contributed by atoms with van der Waals surface area (Å²) < 4.78 is 0. The van der Waals surface area contributed by atoms with Crippen molar-refractivity contribution >= 4 is 23.5 Å². The van der Waals surface area contributed by atoms with Crippen molar-refractivity contribution in [3.8, 4) is 0 Å². The molecule has 0 unspecified atom stereocenters. The predicted octanol–water partition coefficient (Wildman–Crippen LogP) is 0.205. The zero-order chi connectivity index (χ0) is 17.6. The van der Waals surface area contributed by atoms with Crippen LogP contribution in [-0.4, -0.2) is 27.8 Å². The van der Waals surface area contributed by atoms with Gasteiger partial charge in [0.25, 0.3) is 5.69 Å². The molecule has 0 fully saturated rings. The first kappa shape index (κ1) is 18.1. The lowest BCUT2D eigenvalue weighted by atomic mass is 9.82. The molecule has 23 heavy (non-hydrogen) atoms. The first-order valence-corrected chi connectivity index (χ1v) is 6.73. The van der Waals surface area contributed by atoms with Crippen molar-refractivity contribution in [3.63, 3.8) is 0 Å². The number of nitro benzene ring substituents is 1. The first-order chi connectivity index (χ1) is 10.7. The number of carboxylic acid groups (broad SMARTS) is 1. The fourth-order valence-electron chi connectivity index (χ4n) is 2.34. The van der Waals surface area contributed by atoms with Gasteiger partial charge in [0.05, 0.1) is 10.8 Å². The number of hydrogen-bond donors (Lipinski definition) is 3. The number of carbonyl (C=O) groups excluding carboxylic acids is 2. The Bertz CT molecular complexity index is 597. The fraction of sp³-hybridized carbons (Fsp3) is 0.357. The van der Waals surface area contributed by atoms with E-state index in [1.165, 1.54) is 24.3 Å². The van der Waals surface area contributed by atoms with Gasteiger partial charge in [-0.05, 0) is 17.9 Å². The standard InChI is InChI=1S/C14H17N3O6/c15-12(18)6-9(7-13(16)19)11(14(20)21)5-8-1-3-10(4-2-8)17(22)23/h1-4,9,11H,5-7H2,(H2,15,18)(H2,16,19)(H,20,21)/t11-/m1/s1. The van der Waals surface area contributed by atoms with Crippen LogP contribution in [0.1, 0.15) is 18.4 Å². The summed E-state index contributed by atoms with van der Waals surface area (Å²) >= 11 is 0. The van der Waals surface area contributed by atoms with Gasteiger partial charge >= 0.3 is 5.97 Å². The second-order valence-electron chi connectivity index (χ2n) is 5.17. The van der Waals surface area contributed by atoms with Gasteiger partial charge in [0, 0.05) is 25.0 Å². The highest BCUT2D eigenvalue weighted by Crippen LogP contribution is 2.25. The summed E-state index contributed by atoms with van der Waals surface area (Å²) in [7, 11) is 0. The van der Waals surface area contributed by atoms with Crippen LogP contribution in [-0.2, 0) is 20.8 Å². The smallest absolute Gasteiger partial charge is 0.307 e. The highest BCUT2D eigenvalue weighted by molar-refractivity contribution is 5.80. The summed E-state index contributed by atoms with van der Waals surface area (Å²) in [6, 6.07) is 5.37. The number of non-ortho nitro benzene ring substituents is 1. The van der Waals surface area contributed by atoms with E-state index in [0.29, 0.717) is 5.56 Å². The van der Waals surface area contributed by atoms with Gasteiger partial charge < -0.3 is 16.6 Å². The van der Waals surface area contributed by atoms with Crippen molar-refractivity contribution in [2.24, 2.45) is 23.3 Å². The second-order valence-corrected chi connectivity index (χ2v) is 5.17. The van der Waals surface area contributed by atoms with Crippen LogP contribution in [0, 0.1) is 22.0 Å². The van der Waals surface area contributed by atoms with E-state index in [4.69, 9.17) is 11.5 Å². The molecule has 1 rings (SSSR count). The van der Waals surface area contributed by atoms with Crippen molar-refractivity contribution in [1.82, 2.24) is 0 Å². The molecule has 0 aromatic heterocycles. The number of aliphatic carboxylic acids is 1. The van der Waals surface area contributed by atoms with Gasteiger partial charge in [-0.1, -0.05) is 12.1 Å². The van der Waals surface area contributed by atoms with Crippen LogP contribution in [0.3, 0.4) is 0 Å². The number of rotatable bonds is 9. The molecule has 0 aliphatic carbocycles. The fourth-order valence-corrected chi connectivity index (χ4v) is 2.34. The Balaban J connectivity index is 2.98. The van der Waals surface area contributed by atoms with E-state index in [1.807, 2.05) is 0 Å². The topological polar surface area (TPSA) is 167 Å². The number of nitrogens with zero attached hydrogens (tertiary/aromatic N) is 1. The minimum atomic E-state index is -1.20. The molecule has 9 heteroatoms. The van der Waals surface area contributed by atoms with E-state index in [-0.39, 0.29) is 24.9 Å². The van der Waals surface area contributed by atoms with Gasteiger partial charge in [0.15, 0.2) is 0 Å². The minimum absolute atomic E-state index is 0.00143. The Morgan fingerprint density at radius 3 is 1.91 bits per heavy atom. The van der Waals surface area contributed by atoms with E-state index in [1.54, 1.807) is 0 Å². The summed E-state index contributed by atoms with van der Waals surface area (Å²) in [4.78, 5) is 43.7. The number of benzene rings is 1. The van der Waals surface area contributed by atoms with Crippen LogP contribution in [0.4, 0.5) is 5.69 Å². The predicted molar refractivity (Wildman–Crippen MR) is 79.0 cm³/mol. The molecule has 5 N–H and O–H groups in total. The third-order valence-electron chi connectivity index (χ3n) is 3.42. The lowest BCUT2D eigenvalue weighted by molar-refractivity contribution is -0.384. The van der Waals surface area contributed by atoms with Gasteiger partial charge in [-0.3, -0.25) is 24.5 Å². The minimum Gasteiger partial charge on any atom is -0.481 e. The molecule has 0 aliphatic rings. The third-order valence-corrected chi connectivity index (χ3v) is 3.42. The lowest BCUT2D eigenvalue weighted by Crippen LogP contribution is -2.32. The zero-order valence-corrected chi connectivity index (χ0v) is 12.2. The molecule has 2 amide bonds. The summed E-state index contributed by atoms with van der Waals surface area (Å²) in [5.41, 5.74) is 10.6. The maximum Gasteiger partial charge on any atom is 0.307 e. The van der Waals surface area contributed by atoms with E-state index in [0.717, 1.165) is 0 Å². The Morgan fingerprint density at radius 1 is 1.09 bits per heavy atom. The molecule has 0 bridgehead atoms. The molecule has 0 heterocycles. The molecular formula is C14H17N3O6. The molecule has 0 saturated carbocycles. The van der Waals surface area contributed by atoms with Crippen LogP contribution in [0.2, 0.25) is 0 Å². The number of carbonyl (C=O) groups is 3. The zero-order valence-electron chi connectivity index (χ0n) is 12.2. The second kappa shape index (κ2) is 7.87. The highest BCUT2D eigenvalue weighted by Gasteiger charge is 2.31. The largest absolute Gasteiger partial charge is 0.481 e. The monoisotopic (exact) mass is 323 g/mol. The highest BCUT2D eigenvalue weighted by atomic mass is 16.6. The van der Waals surface area contributed by atoms with E-state index < -0.39 is 34.5 Å². The number of carboxylic acids is 1. The number of amides is 2. The van der Waals surface area contributed by atoms with Gasteiger partial charge in [0.2, 0.25) is 11.8 Å². The molecule has 1 atom stereocenters. The average molecular weight is 323 g/mol. The molecule has 0 radical (unpaired) electrons. The molecule has 0 spiro atoms. The Hall–Kier alpha value is -2.97. The molecule has 0 saturated heterocycles. The molecule has 0 aliphatic heterocycles. The van der Waals surface area contributed by atoms with Gasteiger partial charge in [-0.25, -0.2) is 0 Å². The summed E-state index contributed by atoms with van der Waals surface area (Å²) in [6.45, 7) is 0. The number of primary amides is 2. The number of hydrogen-bond acceptors (Lipinski definition) is 5. The lowest BCUT2D eigenvalue weighted by Gasteiger charge is -2.22. The molecule has 9 nitrogen and oxygen atoms in total. The van der Waals surface area contributed by atoms with Crippen molar-refractivity contribution in [2.45, 2.75) is 19.3 Å². The van der Waals surface area contributed by atoms with Crippen LogP contribution >= 0.6 is 0 Å². The molecule has 124 valence electrons. The van der Waals surface area contributed by atoms with E-state index in [2.05, 4.69) is 0 Å². The summed E-state index contributed by atoms with van der Waals surface area (Å²) in [5, 5.41) is 20.0. The number of nitro groups is 1. The maximum absolute atomic E-state index is 11.5. The first-order valence-electron chi connectivity index (χ1n) is 6.73. The van der Waals surface area contributed by atoms with Crippen molar-refractivity contribution in [2.75, 3.05) is 0 Å². The molecule has 1 aromatic rings. The maximum atomic E-state index is 11.5. The van der Waals surface area contributed by atoms with Crippen molar-refractivity contribution < 1.29 is 24.4 Å². The van der Waals surface area contributed by atoms with Crippen LogP contribution in [0.15, 0.2) is 24.3 Å². The van der Waals surface area contributed by atoms with Crippen LogP contribution in [0.5, 0.6) is 0 Å². The van der Waals surface area contributed by atoms with E-state index >= 15 is 0 Å². The summed E-state index contributed by atoms with van der Waals surface area (Å²) in [5.74, 6) is -4.55.